The van der Waals surface area contributed by atoms with Crippen LogP contribution in [0.1, 0.15) is 134 Å². The molecular formula is C101H120O15. The van der Waals surface area contributed by atoms with Crippen molar-refractivity contribution in [1.29, 1.82) is 0 Å². The van der Waals surface area contributed by atoms with Gasteiger partial charge in [0.2, 0.25) is 0 Å². The summed E-state index contributed by atoms with van der Waals surface area (Å²) in [7, 11) is 1.64. The van der Waals surface area contributed by atoms with Gasteiger partial charge in [-0.15, -0.1) is 0 Å². The molecule has 0 aliphatic heterocycles. The lowest BCUT2D eigenvalue weighted by Crippen LogP contribution is -2.19. The second-order valence-corrected chi connectivity index (χ2v) is 27.7. The van der Waals surface area contributed by atoms with Gasteiger partial charge in [-0.1, -0.05) is 221 Å². The number of benzene rings is 10. The largest absolute Gasteiger partial charge is 0.497 e. The smallest absolute Gasteiger partial charge is 0.197 e. The maximum absolute atomic E-state index is 5.79. The van der Waals surface area contributed by atoms with Crippen molar-refractivity contribution in [3.05, 3.63) is 327 Å². The average molecular weight is 1570 g/mol. The first-order valence-corrected chi connectivity index (χ1v) is 39.9. The Kier molecular flexibility index (Phi) is 42.0. The van der Waals surface area contributed by atoms with Crippen molar-refractivity contribution in [2.75, 3.05) is 60.0 Å². The quantitative estimate of drug-likeness (QED) is 0.0265. The van der Waals surface area contributed by atoms with Gasteiger partial charge in [-0.05, 0) is 248 Å². The fourth-order valence-electron chi connectivity index (χ4n) is 11.5. The molecule has 5 unspecified atom stereocenters. The summed E-state index contributed by atoms with van der Waals surface area (Å²) in [6, 6.07) is 83.8. The first kappa shape index (κ1) is 91.9. The monoisotopic (exact) mass is 1570 g/mol. The minimum Gasteiger partial charge on any atom is -0.497 e. The summed E-state index contributed by atoms with van der Waals surface area (Å²) in [6.07, 6.45) is 9.33. The van der Waals surface area contributed by atoms with Crippen molar-refractivity contribution in [1.82, 2.24) is 0 Å². The highest BCUT2D eigenvalue weighted by Crippen LogP contribution is 2.29. The standard InChI is InChI=1S/C24H24O4.C20H24O4.C19H22O3.C19H28O2.C19H22O2/c1-3-20-9-11-23(12-10-20)27-19(2)25-17-18-26-21-13-15-24(16-14-21)28-22-7-5-4-6-8-22;1-15(2)17-5-7-20(8-6-17)24-16(3)22-13-14-23-19-11-9-18(21-4)10-12-19;1-15(2)17-9-11-19(12-10-17)22-16(3)20-13-14-21-18-7-5-4-6-8-18;2*1-15(2)18-9-11-19(12-10-18)21-16(3)20-14-13-17-7-5-4-6-8-17/h3-16,19H,1,17-18H2,2H3;5-12,16H,1,13-14H2,2-4H3;4-12,16H,1,13-14H2,2-3H3;9-12,16-17H,1,4-8,13-14H2,2-3H3;4-12,16H,1,13-14H2,2-3H3. The molecule has 0 radical (unpaired) electrons. The van der Waals surface area contributed by atoms with Crippen molar-refractivity contribution in [3.8, 4) is 63.2 Å². The van der Waals surface area contributed by atoms with Crippen LogP contribution in [0.5, 0.6) is 63.2 Å². The highest BCUT2D eigenvalue weighted by Gasteiger charge is 2.15. The van der Waals surface area contributed by atoms with E-state index in [4.69, 9.17) is 71.1 Å². The van der Waals surface area contributed by atoms with Gasteiger partial charge in [-0.25, -0.2) is 0 Å². The molecule has 0 aromatic heterocycles. The fraction of sp³-hybridized carbons (Fsp3) is 0.307. The maximum atomic E-state index is 5.79. The van der Waals surface area contributed by atoms with Crippen molar-refractivity contribution >= 4 is 28.4 Å². The first-order chi connectivity index (χ1) is 56.2. The van der Waals surface area contributed by atoms with Gasteiger partial charge in [0.05, 0.1) is 40.1 Å². The van der Waals surface area contributed by atoms with E-state index in [0.29, 0.717) is 46.2 Å². The third-order valence-corrected chi connectivity index (χ3v) is 17.9. The summed E-state index contributed by atoms with van der Waals surface area (Å²) in [5, 5.41) is 0. The molecule has 1 saturated carbocycles. The number of hydrogen-bond donors (Lipinski definition) is 0. The van der Waals surface area contributed by atoms with Gasteiger partial charge < -0.3 is 71.1 Å². The van der Waals surface area contributed by atoms with E-state index in [9.17, 15) is 0 Å². The van der Waals surface area contributed by atoms with E-state index < -0.39 is 0 Å². The molecule has 0 bridgehead atoms. The van der Waals surface area contributed by atoms with E-state index >= 15 is 0 Å². The molecule has 0 spiro atoms. The summed E-state index contributed by atoms with van der Waals surface area (Å²) in [4.78, 5) is 0. The molecule has 1 fully saturated rings. The third-order valence-electron chi connectivity index (χ3n) is 17.9. The zero-order valence-corrected chi connectivity index (χ0v) is 69.6. The van der Waals surface area contributed by atoms with Gasteiger partial charge in [0.1, 0.15) is 83.1 Å². The second-order valence-electron chi connectivity index (χ2n) is 27.7. The van der Waals surface area contributed by atoms with E-state index in [0.717, 1.165) is 132 Å². The zero-order chi connectivity index (χ0) is 82.9. The Morgan fingerprint density at radius 1 is 0.310 bits per heavy atom. The van der Waals surface area contributed by atoms with Crippen LogP contribution >= 0.6 is 0 Å². The minimum absolute atomic E-state index is 0.190. The van der Waals surface area contributed by atoms with Gasteiger partial charge in [0.25, 0.3) is 0 Å². The van der Waals surface area contributed by atoms with Crippen LogP contribution in [0, 0.1) is 5.92 Å². The van der Waals surface area contributed by atoms with Crippen LogP contribution in [0.4, 0.5) is 0 Å². The minimum atomic E-state index is -0.361. The molecule has 5 atom stereocenters. The normalized spacial score (nSPS) is 12.7. The Labute approximate surface area is 690 Å². The van der Waals surface area contributed by atoms with Crippen molar-refractivity contribution < 1.29 is 71.1 Å². The van der Waals surface area contributed by atoms with Gasteiger partial charge in [-0.3, -0.25) is 0 Å². The lowest BCUT2D eigenvalue weighted by atomic mass is 9.87. The Balaban J connectivity index is 0.000000201. The van der Waals surface area contributed by atoms with Crippen LogP contribution < -0.4 is 47.4 Å². The van der Waals surface area contributed by atoms with E-state index in [2.05, 4.69) is 45.0 Å². The molecular weight excluding hydrogens is 1450 g/mol. The van der Waals surface area contributed by atoms with E-state index in [1.807, 2.05) is 311 Å². The molecule has 10 aromatic carbocycles. The van der Waals surface area contributed by atoms with Crippen LogP contribution in [0.25, 0.3) is 28.4 Å². The highest BCUT2D eigenvalue weighted by molar-refractivity contribution is 5.64. The van der Waals surface area contributed by atoms with E-state index in [1.54, 1.807) is 13.2 Å². The molecule has 11 rings (SSSR count). The molecule has 15 nitrogen and oxygen atoms in total. The summed E-state index contributed by atoms with van der Waals surface area (Å²) in [6.45, 7) is 41.0. The number of ether oxygens (including phenoxy) is 15. The molecule has 1 aliphatic rings. The molecule has 0 heterocycles. The molecule has 614 valence electrons. The predicted molar refractivity (Wildman–Crippen MR) is 472 cm³/mol. The van der Waals surface area contributed by atoms with Crippen molar-refractivity contribution in [2.24, 2.45) is 5.92 Å². The SMILES string of the molecule is C=C(C)c1ccc(OC(C)OCCC2CCCCC2)cc1.C=C(C)c1ccc(OC(C)OCCOc2ccc(OC)cc2)cc1.C=C(C)c1ccc(OC(C)OCCOc2ccccc2)cc1.C=C(C)c1ccc(OC(C)OCCc2ccccc2)cc1.C=Cc1ccc(OC(C)OCCOc2ccc(Oc3ccccc3)cc2)cc1. The van der Waals surface area contributed by atoms with Gasteiger partial charge in [0, 0.05) is 0 Å². The number of para-hydroxylation sites is 2. The molecule has 0 amide bonds. The maximum Gasteiger partial charge on any atom is 0.197 e. The lowest BCUT2D eigenvalue weighted by Gasteiger charge is -2.22. The Morgan fingerprint density at radius 2 is 0.586 bits per heavy atom. The van der Waals surface area contributed by atoms with Crippen molar-refractivity contribution in [3.63, 3.8) is 0 Å². The Morgan fingerprint density at radius 3 is 0.922 bits per heavy atom. The number of hydrogen-bond acceptors (Lipinski definition) is 15. The van der Waals surface area contributed by atoms with Crippen LogP contribution in [-0.2, 0) is 30.1 Å². The van der Waals surface area contributed by atoms with Crippen LogP contribution in [0.3, 0.4) is 0 Å². The Hall–Kier alpha value is -11.3. The number of rotatable bonds is 41. The average Bonchev–Trinajstić information content (AvgIpc) is 0.903. The molecule has 15 heteroatoms. The summed E-state index contributed by atoms with van der Waals surface area (Å²) < 4.78 is 84.6. The second kappa shape index (κ2) is 53.0. The summed E-state index contributed by atoms with van der Waals surface area (Å²) >= 11 is 0. The van der Waals surface area contributed by atoms with Crippen LogP contribution in [-0.4, -0.2) is 91.4 Å². The molecule has 0 N–H and O–H groups in total. The molecule has 0 saturated heterocycles. The third kappa shape index (κ3) is 37.8. The van der Waals surface area contributed by atoms with Crippen LogP contribution in [0.2, 0.25) is 0 Å². The number of allylic oxidation sites excluding steroid dienone is 4. The van der Waals surface area contributed by atoms with Gasteiger partial charge in [0.15, 0.2) is 31.5 Å². The first-order valence-electron chi connectivity index (χ1n) is 39.9. The molecule has 1 aliphatic carbocycles. The molecule has 116 heavy (non-hydrogen) atoms. The highest BCUT2D eigenvalue weighted by atomic mass is 16.7. The van der Waals surface area contributed by atoms with Gasteiger partial charge in [-0.2, -0.15) is 0 Å². The number of methoxy groups -OCH3 is 1. The Bertz CT molecular complexity index is 4340. The van der Waals surface area contributed by atoms with E-state index in [1.165, 1.54) is 44.1 Å². The predicted octanol–water partition coefficient (Wildman–Crippen LogP) is 25.2. The zero-order valence-electron chi connectivity index (χ0n) is 69.6. The van der Waals surface area contributed by atoms with Gasteiger partial charge >= 0.3 is 0 Å². The lowest BCUT2D eigenvalue weighted by molar-refractivity contribution is -0.0741. The van der Waals surface area contributed by atoms with E-state index in [-0.39, 0.29) is 31.5 Å². The fourth-order valence-corrected chi connectivity index (χ4v) is 11.5. The summed E-state index contributed by atoms with van der Waals surface area (Å²) in [5.41, 5.74) is 11.0. The van der Waals surface area contributed by atoms with Crippen LogP contribution in [0.15, 0.2) is 294 Å². The van der Waals surface area contributed by atoms with Crippen molar-refractivity contribution in [2.45, 2.75) is 139 Å². The summed E-state index contributed by atoms with van der Waals surface area (Å²) in [5.74, 6) is 9.59. The topological polar surface area (TPSA) is 138 Å². The molecule has 10 aromatic rings.